The Balaban J connectivity index is 2.38. The van der Waals surface area contributed by atoms with E-state index in [0.717, 1.165) is 24.6 Å². The molecule has 1 rings (SSSR count). The van der Waals surface area contributed by atoms with E-state index in [-0.39, 0.29) is 11.8 Å². The summed E-state index contributed by atoms with van der Waals surface area (Å²) in [5, 5.41) is 12.9. The van der Waals surface area contributed by atoms with Gasteiger partial charge in [-0.3, -0.25) is 0 Å². The molecular weight excluding hydrogens is 237 g/mol. The molecule has 0 aliphatic rings. The first-order chi connectivity index (χ1) is 8.15. The first-order valence-electron chi connectivity index (χ1n) is 5.86. The molecule has 2 nitrogen and oxygen atoms in total. The van der Waals surface area contributed by atoms with E-state index in [4.69, 9.17) is 0 Å². The monoisotopic (exact) mass is 257 g/mol. The third kappa shape index (κ3) is 4.96. The van der Waals surface area contributed by atoms with Crippen molar-refractivity contribution in [2.45, 2.75) is 25.8 Å². The van der Waals surface area contributed by atoms with Crippen LogP contribution in [0.3, 0.4) is 0 Å². The molecule has 0 heterocycles. The molecule has 96 valence electrons. The minimum absolute atomic E-state index is 0.0223. The second-order valence-corrected chi connectivity index (χ2v) is 5.06. The topological polar surface area (TPSA) is 32.3 Å². The van der Waals surface area contributed by atoms with E-state index in [2.05, 4.69) is 11.6 Å². The van der Waals surface area contributed by atoms with Crippen molar-refractivity contribution >= 4 is 11.8 Å². The van der Waals surface area contributed by atoms with Crippen LogP contribution in [-0.2, 0) is 0 Å². The summed E-state index contributed by atoms with van der Waals surface area (Å²) in [6.45, 7) is 2.89. The van der Waals surface area contributed by atoms with Crippen LogP contribution in [0.15, 0.2) is 18.2 Å². The fourth-order valence-corrected chi connectivity index (χ4v) is 2.18. The number of aromatic hydroxyl groups is 1. The number of nitrogens with one attached hydrogen (secondary N) is 1. The molecule has 0 saturated carbocycles. The Bertz CT molecular complexity index is 346. The van der Waals surface area contributed by atoms with E-state index >= 15 is 0 Å². The first kappa shape index (κ1) is 14.3. The van der Waals surface area contributed by atoms with Crippen molar-refractivity contribution in [3.8, 4) is 5.75 Å². The highest BCUT2D eigenvalue weighted by Gasteiger charge is 2.09. The van der Waals surface area contributed by atoms with Gasteiger partial charge in [-0.15, -0.1) is 0 Å². The van der Waals surface area contributed by atoms with E-state index in [1.807, 2.05) is 18.7 Å². The molecule has 0 spiro atoms. The van der Waals surface area contributed by atoms with Crippen LogP contribution >= 0.6 is 11.8 Å². The molecule has 0 aliphatic carbocycles. The van der Waals surface area contributed by atoms with Gasteiger partial charge < -0.3 is 10.4 Å². The molecule has 1 unspecified atom stereocenters. The van der Waals surface area contributed by atoms with Gasteiger partial charge in [0.05, 0.1) is 0 Å². The van der Waals surface area contributed by atoms with E-state index in [0.29, 0.717) is 0 Å². The largest absolute Gasteiger partial charge is 0.508 e. The van der Waals surface area contributed by atoms with Crippen LogP contribution in [0.1, 0.15) is 31.4 Å². The Labute approximate surface area is 107 Å². The van der Waals surface area contributed by atoms with Crippen LogP contribution in [0.2, 0.25) is 0 Å². The highest BCUT2D eigenvalue weighted by atomic mass is 32.2. The number of benzene rings is 1. The van der Waals surface area contributed by atoms with Gasteiger partial charge in [-0.05, 0) is 44.4 Å². The minimum atomic E-state index is -0.404. The SMILES string of the molecule is CSCCCCNC(C)c1ccc(F)cc1O. The number of halogens is 1. The summed E-state index contributed by atoms with van der Waals surface area (Å²) >= 11 is 1.85. The van der Waals surface area contributed by atoms with Crippen LogP contribution in [-0.4, -0.2) is 23.7 Å². The average molecular weight is 257 g/mol. The average Bonchev–Trinajstić information content (AvgIpc) is 2.28. The summed E-state index contributed by atoms with van der Waals surface area (Å²) in [6.07, 6.45) is 4.41. The Hall–Kier alpha value is -0.740. The van der Waals surface area contributed by atoms with Crippen molar-refractivity contribution in [3.05, 3.63) is 29.6 Å². The zero-order valence-electron chi connectivity index (χ0n) is 10.4. The predicted octanol–water partition coefficient (Wildman–Crippen LogP) is 3.33. The lowest BCUT2D eigenvalue weighted by molar-refractivity contribution is 0.446. The van der Waals surface area contributed by atoms with E-state index < -0.39 is 5.82 Å². The molecule has 0 bridgehead atoms. The smallest absolute Gasteiger partial charge is 0.126 e. The fourth-order valence-electron chi connectivity index (χ4n) is 1.68. The number of phenolic OH excluding ortho intramolecular Hbond substituents is 1. The molecule has 0 fully saturated rings. The summed E-state index contributed by atoms with van der Waals surface area (Å²) in [7, 11) is 0. The molecule has 0 aromatic heterocycles. The maximum absolute atomic E-state index is 12.8. The molecule has 1 atom stereocenters. The number of thioether (sulfide) groups is 1. The maximum Gasteiger partial charge on any atom is 0.126 e. The highest BCUT2D eigenvalue weighted by molar-refractivity contribution is 7.98. The highest BCUT2D eigenvalue weighted by Crippen LogP contribution is 2.24. The zero-order chi connectivity index (χ0) is 12.7. The predicted molar refractivity (Wildman–Crippen MR) is 72.1 cm³/mol. The third-order valence-electron chi connectivity index (χ3n) is 2.68. The number of phenols is 1. The van der Waals surface area contributed by atoms with E-state index in [9.17, 15) is 9.50 Å². The lowest BCUT2D eigenvalue weighted by Gasteiger charge is -2.15. The van der Waals surface area contributed by atoms with Gasteiger partial charge in [-0.25, -0.2) is 4.39 Å². The number of hydrogen-bond donors (Lipinski definition) is 2. The first-order valence-corrected chi connectivity index (χ1v) is 7.25. The Kier molecular flexibility index (Phi) is 6.37. The van der Waals surface area contributed by atoms with Crippen LogP contribution in [0.25, 0.3) is 0 Å². The fraction of sp³-hybridized carbons (Fsp3) is 0.538. The van der Waals surface area contributed by atoms with Gasteiger partial charge in [0.2, 0.25) is 0 Å². The van der Waals surface area contributed by atoms with Crippen molar-refractivity contribution in [1.29, 1.82) is 0 Å². The molecule has 0 saturated heterocycles. The molecule has 1 aromatic carbocycles. The number of unbranched alkanes of at least 4 members (excludes halogenated alkanes) is 1. The lowest BCUT2D eigenvalue weighted by Crippen LogP contribution is -2.20. The molecule has 17 heavy (non-hydrogen) atoms. The van der Waals surface area contributed by atoms with Crippen LogP contribution < -0.4 is 5.32 Å². The second kappa shape index (κ2) is 7.56. The van der Waals surface area contributed by atoms with Crippen molar-refractivity contribution in [3.63, 3.8) is 0 Å². The molecule has 2 N–H and O–H groups in total. The maximum atomic E-state index is 12.8. The quantitative estimate of drug-likeness (QED) is 0.735. The van der Waals surface area contributed by atoms with Crippen LogP contribution in [0.5, 0.6) is 5.75 Å². The molecular formula is C13H20FNOS. The van der Waals surface area contributed by atoms with Crippen LogP contribution in [0.4, 0.5) is 4.39 Å². The summed E-state index contributed by atoms with van der Waals surface area (Å²) in [6, 6.07) is 4.21. The summed E-state index contributed by atoms with van der Waals surface area (Å²) in [5.41, 5.74) is 0.747. The number of hydrogen-bond acceptors (Lipinski definition) is 3. The lowest BCUT2D eigenvalue weighted by atomic mass is 10.1. The standard InChI is InChI=1S/C13H20FNOS/c1-10(15-7-3-4-8-17-2)12-6-5-11(14)9-13(12)16/h5-6,9-10,15-16H,3-4,7-8H2,1-2H3. The second-order valence-electron chi connectivity index (χ2n) is 4.08. The summed E-state index contributed by atoms with van der Waals surface area (Å²) in [5.74, 6) is 0.797. The summed E-state index contributed by atoms with van der Waals surface area (Å²) < 4.78 is 12.8. The Morgan fingerprint density at radius 3 is 2.82 bits per heavy atom. The summed E-state index contributed by atoms with van der Waals surface area (Å²) in [4.78, 5) is 0. The van der Waals surface area contributed by atoms with Gasteiger partial charge in [0.1, 0.15) is 11.6 Å². The van der Waals surface area contributed by atoms with Gasteiger partial charge in [0.25, 0.3) is 0 Å². The molecule has 1 aromatic rings. The van der Waals surface area contributed by atoms with Crippen molar-refractivity contribution in [1.82, 2.24) is 5.32 Å². The molecule has 0 amide bonds. The van der Waals surface area contributed by atoms with Crippen molar-refractivity contribution in [2.75, 3.05) is 18.6 Å². The van der Waals surface area contributed by atoms with Gasteiger partial charge >= 0.3 is 0 Å². The van der Waals surface area contributed by atoms with Crippen molar-refractivity contribution < 1.29 is 9.50 Å². The van der Waals surface area contributed by atoms with Crippen molar-refractivity contribution in [2.24, 2.45) is 0 Å². The molecule has 0 aliphatic heterocycles. The Morgan fingerprint density at radius 2 is 2.18 bits per heavy atom. The zero-order valence-corrected chi connectivity index (χ0v) is 11.2. The molecule has 0 radical (unpaired) electrons. The minimum Gasteiger partial charge on any atom is -0.508 e. The van der Waals surface area contributed by atoms with Gasteiger partial charge in [-0.1, -0.05) is 6.07 Å². The van der Waals surface area contributed by atoms with Crippen LogP contribution in [0, 0.1) is 5.82 Å². The van der Waals surface area contributed by atoms with Gasteiger partial charge in [0.15, 0.2) is 0 Å². The number of rotatable bonds is 7. The molecule has 4 heteroatoms. The third-order valence-corrected chi connectivity index (χ3v) is 3.38. The Morgan fingerprint density at radius 1 is 1.41 bits per heavy atom. The van der Waals surface area contributed by atoms with E-state index in [1.165, 1.54) is 18.2 Å². The van der Waals surface area contributed by atoms with E-state index in [1.54, 1.807) is 6.07 Å². The van der Waals surface area contributed by atoms with Gasteiger partial charge in [0, 0.05) is 17.7 Å². The normalized spacial score (nSPS) is 12.6. The van der Waals surface area contributed by atoms with Gasteiger partial charge in [-0.2, -0.15) is 11.8 Å².